The summed E-state index contributed by atoms with van der Waals surface area (Å²) in [6.07, 6.45) is 0.678. The van der Waals surface area contributed by atoms with E-state index in [1.54, 1.807) is 0 Å². The Hall–Kier alpha value is -3.49. The molecule has 35 heavy (non-hydrogen) atoms. The lowest BCUT2D eigenvalue weighted by molar-refractivity contribution is -0.383. The number of carbonyl (C=O) groups excluding carboxylic acids is 2. The standard InChI is InChI=1S/C20H22B2N2O11/c25-19(13-5-7-15(21(27)28)17(11-13)23(31)32)3-1-9-35-10-2-4-20(26)14-6-8-16(22(29)30)18(12-14)24(33)34/h5-8,11-12,27-30H,1-4,9-10H2. The molecule has 0 unspecified atom stereocenters. The molecule has 15 heteroatoms. The Morgan fingerprint density at radius 3 is 1.43 bits per heavy atom. The Morgan fingerprint density at radius 1 is 0.743 bits per heavy atom. The highest BCUT2D eigenvalue weighted by Gasteiger charge is 2.26. The number of benzene rings is 2. The molecule has 2 aromatic carbocycles. The number of nitrogens with zero attached hydrogens (tertiary/aromatic N) is 2. The van der Waals surface area contributed by atoms with Crippen molar-refractivity contribution in [3.8, 4) is 0 Å². The second kappa shape index (κ2) is 12.8. The van der Waals surface area contributed by atoms with Crippen molar-refractivity contribution >= 4 is 48.1 Å². The first-order valence-corrected chi connectivity index (χ1v) is 10.5. The van der Waals surface area contributed by atoms with Crippen LogP contribution in [0.15, 0.2) is 36.4 Å². The predicted octanol–water partition coefficient (Wildman–Crippen LogP) is -0.495. The van der Waals surface area contributed by atoms with Crippen LogP contribution in [0.5, 0.6) is 0 Å². The molecular weight excluding hydrogens is 466 g/mol. The second-order valence-electron chi connectivity index (χ2n) is 7.47. The van der Waals surface area contributed by atoms with E-state index >= 15 is 0 Å². The summed E-state index contributed by atoms with van der Waals surface area (Å²) in [5.41, 5.74) is -1.67. The Bertz CT molecular complexity index is 1020. The monoisotopic (exact) mass is 488 g/mol. The number of hydrogen-bond donors (Lipinski definition) is 4. The molecule has 0 aliphatic carbocycles. The Labute approximate surface area is 199 Å². The largest absolute Gasteiger partial charge is 0.495 e. The summed E-state index contributed by atoms with van der Waals surface area (Å²) in [5, 5.41) is 58.8. The number of nitro benzene ring substituents is 2. The molecule has 2 rings (SSSR count). The van der Waals surface area contributed by atoms with Gasteiger partial charge in [-0.1, -0.05) is 24.3 Å². The maximum atomic E-state index is 12.3. The maximum absolute atomic E-state index is 12.3. The van der Waals surface area contributed by atoms with Crippen molar-refractivity contribution in [2.45, 2.75) is 25.7 Å². The molecule has 0 saturated heterocycles. The van der Waals surface area contributed by atoms with Crippen LogP contribution in [-0.2, 0) is 4.74 Å². The smallest absolute Gasteiger partial charge is 0.423 e. The first-order valence-electron chi connectivity index (χ1n) is 10.5. The fourth-order valence-corrected chi connectivity index (χ4v) is 3.25. The highest BCUT2D eigenvalue weighted by Crippen LogP contribution is 2.16. The van der Waals surface area contributed by atoms with Crippen molar-refractivity contribution in [2.75, 3.05) is 13.2 Å². The van der Waals surface area contributed by atoms with Gasteiger partial charge in [0, 0.05) is 49.3 Å². The highest BCUT2D eigenvalue weighted by molar-refractivity contribution is 6.60. The minimum Gasteiger partial charge on any atom is -0.423 e. The number of carbonyl (C=O) groups is 2. The Balaban J connectivity index is 1.77. The van der Waals surface area contributed by atoms with Crippen molar-refractivity contribution in [2.24, 2.45) is 0 Å². The zero-order chi connectivity index (χ0) is 26.1. The molecule has 0 fully saturated rings. The van der Waals surface area contributed by atoms with E-state index in [1.807, 2.05) is 0 Å². The zero-order valence-electron chi connectivity index (χ0n) is 18.4. The van der Waals surface area contributed by atoms with Gasteiger partial charge in [0.2, 0.25) is 0 Å². The third-order valence-corrected chi connectivity index (χ3v) is 5.04. The number of ketones is 2. The molecule has 0 aromatic heterocycles. The minimum atomic E-state index is -2.04. The summed E-state index contributed by atoms with van der Waals surface area (Å²) >= 11 is 0. The van der Waals surface area contributed by atoms with Crippen LogP contribution in [0.3, 0.4) is 0 Å². The van der Waals surface area contributed by atoms with E-state index in [4.69, 9.17) is 4.74 Å². The van der Waals surface area contributed by atoms with E-state index in [-0.39, 0.29) is 59.7 Å². The lowest BCUT2D eigenvalue weighted by Gasteiger charge is -2.07. The summed E-state index contributed by atoms with van der Waals surface area (Å²) in [5.74, 6) is -0.771. The van der Waals surface area contributed by atoms with Crippen LogP contribution in [0.1, 0.15) is 46.4 Å². The molecule has 184 valence electrons. The van der Waals surface area contributed by atoms with Crippen LogP contribution >= 0.6 is 0 Å². The van der Waals surface area contributed by atoms with Gasteiger partial charge >= 0.3 is 14.2 Å². The average molecular weight is 488 g/mol. The Morgan fingerprint density at radius 2 is 1.11 bits per heavy atom. The summed E-state index contributed by atoms with van der Waals surface area (Å²) < 4.78 is 5.38. The van der Waals surface area contributed by atoms with Gasteiger partial charge < -0.3 is 24.8 Å². The number of Topliss-reactive ketones (excluding diaryl/α,β-unsaturated/α-hetero) is 2. The van der Waals surface area contributed by atoms with Gasteiger partial charge in [-0.05, 0) is 12.8 Å². The van der Waals surface area contributed by atoms with Gasteiger partial charge in [-0.15, -0.1) is 0 Å². The van der Waals surface area contributed by atoms with Crippen LogP contribution < -0.4 is 10.9 Å². The number of nitro groups is 2. The fraction of sp³-hybridized carbons (Fsp3) is 0.300. The van der Waals surface area contributed by atoms with Crippen molar-refractivity contribution in [3.05, 3.63) is 67.8 Å². The zero-order valence-corrected chi connectivity index (χ0v) is 18.4. The lowest BCUT2D eigenvalue weighted by Crippen LogP contribution is -2.32. The number of rotatable bonds is 14. The van der Waals surface area contributed by atoms with E-state index in [0.29, 0.717) is 12.8 Å². The summed E-state index contributed by atoms with van der Waals surface area (Å²) in [4.78, 5) is 45.0. The van der Waals surface area contributed by atoms with Crippen LogP contribution in [0.2, 0.25) is 0 Å². The molecule has 0 atom stereocenters. The van der Waals surface area contributed by atoms with Crippen molar-refractivity contribution in [3.63, 3.8) is 0 Å². The van der Waals surface area contributed by atoms with E-state index < -0.39 is 35.5 Å². The molecular formula is C20H22B2N2O11. The van der Waals surface area contributed by atoms with Crippen LogP contribution in [-0.4, -0.2) is 69.0 Å². The first kappa shape index (κ1) is 27.8. The summed E-state index contributed by atoms with van der Waals surface area (Å²) in [6.45, 7) is 0.369. The normalized spacial score (nSPS) is 10.6. The van der Waals surface area contributed by atoms with E-state index in [9.17, 15) is 49.9 Å². The topological polar surface area (TPSA) is 211 Å². The van der Waals surface area contributed by atoms with Gasteiger partial charge in [-0.2, -0.15) is 0 Å². The van der Waals surface area contributed by atoms with Crippen molar-refractivity contribution < 1.29 is 44.3 Å². The van der Waals surface area contributed by atoms with E-state index in [1.165, 1.54) is 12.1 Å². The molecule has 0 heterocycles. The van der Waals surface area contributed by atoms with E-state index in [2.05, 4.69) is 0 Å². The number of hydrogen-bond acceptors (Lipinski definition) is 11. The average Bonchev–Trinajstić information content (AvgIpc) is 2.81. The van der Waals surface area contributed by atoms with Crippen LogP contribution in [0, 0.1) is 20.2 Å². The van der Waals surface area contributed by atoms with Crippen molar-refractivity contribution in [1.29, 1.82) is 0 Å². The van der Waals surface area contributed by atoms with Crippen LogP contribution in [0.25, 0.3) is 0 Å². The van der Waals surface area contributed by atoms with Gasteiger partial charge in [0.1, 0.15) is 0 Å². The van der Waals surface area contributed by atoms with Gasteiger partial charge in [-0.25, -0.2) is 0 Å². The molecule has 0 spiro atoms. The van der Waals surface area contributed by atoms with Gasteiger partial charge in [0.25, 0.3) is 11.4 Å². The highest BCUT2D eigenvalue weighted by atomic mass is 16.6. The molecule has 0 aliphatic heterocycles. The first-order chi connectivity index (χ1) is 16.5. The van der Waals surface area contributed by atoms with Gasteiger partial charge in [0.15, 0.2) is 11.6 Å². The van der Waals surface area contributed by atoms with Gasteiger partial charge in [-0.3, -0.25) is 29.8 Å². The molecule has 0 saturated carbocycles. The third kappa shape index (κ3) is 7.77. The molecule has 13 nitrogen and oxygen atoms in total. The molecule has 0 amide bonds. The van der Waals surface area contributed by atoms with Crippen molar-refractivity contribution in [1.82, 2.24) is 0 Å². The summed E-state index contributed by atoms with van der Waals surface area (Å²) in [7, 11) is -4.08. The molecule has 0 bridgehead atoms. The molecule has 4 N–H and O–H groups in total. The third-order valence-electron chi connectivity index (χ3n) is 5.04. The predicted molar refractivity (Wildman–Crippen MR) is 124 cm³/mol. The number of ether oxygens (including phenoxy) is 1. The maximum Gasteiger partial charge on any atom is 0.495 e. The second-order valence-corrected chi connectivity index (χ2v) is 7.47. The lowest BCUT2D eigenvalue weighted by atomic mass is 9.78. The summed E-state index contributed by atoms with van der Waals surface area (Å²) in [6, 6.07) is 6.74. The SMILES string of the molecule is O=C(CCCOCCCC(=O)c1ccc(B(O)O)c([N+](=O)[O-])c1)c1ccc(B(O)O)c([N+](=O)[O-])c1. The molecule has 0 aliphatic rings. The molecule has 2 aromatic rings. The van der Waals surface area contributed by atoms with Gasteiger partial charge in [0.05, 0.1) is 20.8 Å². The minimum absolute atomic E-state index is 0.0316. The molecule has 0 radical (unpaired) electrons. The quantitative estimate of drug-likeness (QED) is 0.0876. The van der Waals surface area contributed by atoms with E-state index in [0.717, 1.165) is 24.3 Å². The van der Waals surface area contributed by atoms with Crippen LogP contribution in [0.4, 0.5) is 11.4 Å². The Kier molecular flexibility index (Phi) is 10.2. The fourth-order valence-electron chi connectivity index (χ4n) is 3.25.